The maximum absolute atomic E-state index is 9.44. The highest BCUT2D eigenvalue weighted by molar-refractivity contribution is 5.72. The van der Waals surface area contributed by atoms with E-state index in [1.54, 1.807) is 0 Å². The second kappa shape index (κ2) is 7.28. The minimum absolute atomic E-state index is 0.167. The van der Waals surface area contributed by atoms with Gasteiger partial charge in [0.15, 0.2) is 0 Å². The summed E-state index contributed by atoms with van der Waals surface area (Å²) in [5, 5.41) is 0. The van der Waals surface area contributed by atoms with E-state index in [9.17, 15) is 4.79 Å². The predicted octanol–water partition coefficient (Wildman–Crippen LogP) is 4.38. The summed E-state index contributed by atoms with van der Waals surface area (Å²) in [4.78, 5) is 9.44. The molecule has 0 radical (unpaired) electrons. The van der Waals surface area contributed by atoms with Crippen molar-refractivity contribution in [2.24, 2.45) is 0 Å². The summed E-state index contributed by atoms with van der Waals surface area (Å²) in [6.45, 7) is 5.12. The van der Waals surface area contributed by atoms with Crippen molar-refractivity contribution in [1.82, 2.24) is 0 Å². The second-order valence-electron chi connectivity index (χ2n) is 4.14. The van der Waals surface area contributed by atoms with Gasteiger partial charge in [-0.3, -0.25) is 0 Å². The fraction of sp³-hybridized carbons (Fsp3) is 0.188. The van der Waals surface area contributed by atoms with Gasteiger partial charge in [0.05, 0.1) is 0 Å². The maximum atomic E-state index is 9.44. The number of hydrogen-bond donors (Lipinski definition) is 0. The zero-order valence-electron chi connectivity index (χ0n) is 11.0. The van der Waals surface area contributed by atoms with Crippen LogP contribution in [0, 0.1) is 6.92 Å². The lowest BCUT2D eigenvalue weighted by Gasteiger charge is -2.04. The Kier molecular flexibility index (Phi) is 5.65. The quantitative estimate of drug-likeness (QED) is 0.781. The number of ketones is 1. The molecule has 0 aliphatic carbocycles. The fourth-order valence-electron chi connectivity index (χ4n) is 1.23. The predicted molar refractivity (Wildman–Crippen MR) is 74.1 cm³/mol. The third kappa shape index (κ3) is 5.85. The zero-order chi connectivity index (χ0) is 13.4. The van der Waals surface area contributed by atoms with Crippen LogP contribution in [0.2, 0.25) is 0 Å². The molecule has 0 atom stereocenters. The van der Waals surface area contributed by atoms with E-state index in [-0.39, 0.29) is 5.78 Å². The Morgan fingerprint density at radius 1 is 0.833 bits per heavy atom. The smallest absolute Gasteiger partial charge is 0.127 e. The van der Waals surface area contributed by atoms with E-state index < -0.39 is 0 Å². The Morgan fingerprint density at radius 2 is 1.28 bits per heavy atom. The van der Waals surface area contributed by atoms with Gasteiger partial charge in [0, 0.05) is 0 Å². The van der Waals surface area contributed by atoms with Crippen LogP contribution < -0.4 is 4.74 Å². The molecule has 0 unspecified atom stereocenters. The summed E-state index contributed by atoms with van der Waals surface area (Å²) in [5.74, 6) is 1.91. The lowest BCUT2D eigenvalue weighted by molar-refractivity contribution is -0.114. The first-order valence-electron chi connectivity index (χ1n) is 5.84. The molecular weight excluding hydrogens is 224 g/mol. The van der Waals surface area contributed by atoms with Crippen LogP contribution in [0.4, 0.5) is 0 Å². The highest BCUT2D eigenvalue weighted by Crippen LogP contribution is 2.20. The number of aryl methyl sites for hydroxylation is 1. The summed E-state index contributed by atoms with van der Waals surface area (Å²) in [5.41, 5.74) is 1.24. The molecule has 0 saturated carbocycles. The van der Waals surface area contributed by atoms with Crippen LogP contribution in [0.25, 0.3) is 0 Å². The molecule has 0 aromatic heterocycles. The van der Waals surface area contributed by atoms with Crippen molar-refractivity contribution in [3.8, 4) is 11.5 Å². The van der Waals surface area contributed by atoms with E-state index in [4.69, 9.17) is 4.74 Å². The lowest BCUT2D eigenvalue weighted by Crippen LogP contribution is -1.82. The van der Waals surface area contributed by atoms with Crippen molar-refractivity contribution < 1.29 is 9.53 Å². The van der Waals surface area contributed by atoms with Gasteiger partial charge in [-0.15, -0.1) is 0 Å². The van der Waals surface area contributed by atoms with Crippen molar-refractivity contribution in [1.29, 1.82) is 0 Å². The molecule has 2 aromatic rings. The van der Waals surface area contributed by atoms with Crippen molar-refractivity contribution in [3.63, 3.8) is 0 Å². The number of benzene rings is 2. The number of rotatable bonds is 2. The maximum Gasteiger partial charge on any atom is 0.127 e. The summed E-state index contributed by atoms with van der Waals surface area (Å²) < 4.78 is 5.63. The Labute approximate surface area is 108 Å². The molecule has 94 valence electrons. The number of Topliss-reactive ketones (excluding diaryl/α,β-unsaturated/α-hetero) is 1. The Morgan fingerprint density at radius 3 is 1.78 bits per heavy atom. The monoisotopic (exact) mass is 242 g/mol. The largest absolute Gasteiger partial charge is 0.457 e. The lowest BCUT2D eigenvalue weighted by atomic mass is 10.2. The molecule has 0 fully saturated rings. The molecule has 0 aliphatic heterocycles. The average Bonchev–Trinajstić information content (AvgIpc) is 2.33. The number of ether oxygens (including phenoxy) is 1. The van der Waals surface area contributed by atoms with Gasteiger partial charge >= 0.3 is 0 Å². The van der Waals surface area contributed by atoms with Gasteiger partial charge in [-0.25, -0.2) is 0 Å². The Balaban J connectivity index is 0.000000357. The normalized spacial score (nSPS) is 9.06. The molecule has 18 heavy (non-hydrogen) atoms. The molecule has 2 nitrogen and oxygen atoms in total. The van der Waals surface area contributed by atoms with Crippen LogP contribution in [0.15, 0.2) is 54.6 Å². The van der Waals surface area contributed by atoms with Crippen molar-refractivity contribution in [3.05, 3.63) is 60.2 Å². The first kappa shape index (κ1) is 14.0. The summed E-state index contributed by atoms with van der Waals surface area (Å²) in [6, 6.07) is 17.8. The van der Waals surface area contributed by atoms with Crippen LogP contribution in [-0.2, 0) is 4.79 Å². The fourth-order valence-corrected chi connectivity index (χ4v) is 1.23. The van der Waals surface area contributed by atoms with E-state index in [2.05, 4.69) is 6.92 Å². The number of hydrogen-bond acceptors (Lipinski definition) is 2. The summed E-state index contributed by atoms with van der Waals surface area (Å²) >= 11 is 0. The Hall–Kier alpha value is -2.09. The Bertz CT molecular complexity index is 468. The number of carbonyl (C=O) groups is 1. The molecule has 0 bridgehead atoms. The summed E-state index contributed by atoms with van der Waals surface area (Å²) in [7, 11) is 0. The SMILES string of the molecule is CC(C)=O.Cc1ccc(Oc2ccccc2)cc1. The van der Waals surface area contributed by atoms with Gasteiger partial charge in [0.25, 0.3) is 0 Å². The van der Waals surface area contributed by atoms with Gasteiger partial charge in [-0.1, -0.05) is 35.9 Å². The van der Waals surface area contributed by atoms with Crippen LogP contribution in [0.5, 0.6) is 11.5 Å². The van der Waals surface area contributed by atoms with E-state index >= 15 is 0 Å². The third-order valence-corrected chi connectivity index (χ3v) is 2.00. The van der Waals surface area contributed by atoms with E-state index in [1.165, 1.54) is 19.4 Å². The zero-order valence-corrected chi connectivity index (χ0v) is 11.0. The minimum Gasteiger partial charge on any atom is -0.457 e. The second-order valence-corrected chi connectivity index (χ2v) is 4.14. The molecule has 0 heterocycles. The highest BCUT2D eigenvalue weighted by Gasteiger charge is 1.94. The molecule has 2 heteroatoms. The molecule has 0 aliphatic rings. The molecule has 2 aromatic carbocycles. The van der Waals surface area contributed by atoms with E-state index in [0.29, 0.717) is 0 Å². The first-order valence-corrected chi connectivity index (χ1v) is 5.84. The standard InChI is InChI=1S/C13H12O.C3H6O/c1-11-7-9-13(10-8-11)14-12-5-3-2-4-6-12;1-3(2)4/h2-10H,1H3;1-2H3. The average molecular weight is 242 g/mol. The van der Waals surface area contributed by atoms with Crippen LogP contribution in [-0.4, -0.2) is 5.78 Å². The van der Waals surface area contributed by atoms with Crippen LogP contribution in [0.1, 0.15) is 19.4 Å². The minimum atomic E-state index is 0.167. The number of para-hydroxylation sites is 1. The topological polar surface area (TPSA) is 26.3 Å². The summed E-state index contributed by atoms with van der Waals surface area (Å²) in [6.07, 6.45) is 0. The van der Waals surface area contributed by atoms with Gasteiger partial charge in [0.1, 0.15) is 17.3 Å². The molecular formula is C16H18O2. The van der Waals surface area contributed by atoms with Gasteiger partial charge in [0.2, 0.25) is 0 Å². The molecule has 0 spiro atoms. The van der Waals surface area contributed by atoms with Crippen LogP contribution in [0.3, 0.4) is 0 Å². The highest BCUT2D eigenvalue weighted by atomic mass is 16.5. The van der Waals surface area contributed by atoms with E-state index in [1.807, 2.05) is 54.6 Å². The van der Waals surface area contributed by atoms with Crippen molar-refractivity contribution in [2.45, 2.75) is 20.8 Å². The number of carbonyl (C=O) groups excluding carboxylic acids is 1. The first-order chi connectivity index (χ1) is 8.58. The van der Waals surface area contributed by atoms with Crippen LogP contribution >= 0.6 is 0 Å². The molecule has 0 saturated heterocycles. The molecule has 2 rings (SSSR count). The van der Waals surface area contributed by atoms with Gasteiger partial charge in [-0.2, -0.15) is 0 Å². The molecule has 0 amide bonds. The van der Waals surface area contributed by atoms with E-state index in [0.717, 1.165) is 11.5 Å². The molecule has 0 N–H and O–H groups in total. The van der Waals surface area contributed by atoms with Crippen molar-refractivity contribution in [2.75, 3.05) is 0 Å². The van der Waals surface area contributed by atoms with Gasteiger partial charge in [-0.05, 0) is 45.0 Å². The third-order valence-electron chi connectivity index (χ3n) is 2.00. The van der Waals surface area contributed by atoms with Crippen molar-refractivity contribution >= 4 is 5.78 Å². The van der Waals surface area contributed by atoms with Gasteiger partial charge < -0.3 is 9.53 Å².